The molecule has 1 unspecified atom stereocenters. The number of terminal acetylenes is 1. The van der Waals surface area contributed by atoms with Crippen LogP contribution in [-0.4, -0.2) is 33.1 Å². The zero-order chi connectivity index (χ0) is 25.4. The monoisotopic (exact) mass is 484 g/mol. The van der Waals surface area contributed by atoms with Gasteiger partial charge in [0.1, 0.15) is 24.7 Å². The van der Waals surface area contributed by atoms with Crippen LogP contribution in [0.5, 0.6) is 11.5 Å². The summed E-state index contributed by atoms with van der Waals surface area (Å²) >= 11 is 0. The number of nitrogens with one attached hydrogen (secondary N) is 1. The van der Waals surface area contributed by atoms with Crippen LogP contribution in [0.15, 0.2) is 53.4 Å². The maximum absolute atomic E-state index is 13.3. The molecule has 180 valence electrons. The molecule has 0 radical (unpaired) electrons. The van der Waals surface area contributed by atoms with E-state index >= 15 is 0 Å². The predicted octanol–water partition coefficient (Wildman–Crippen LogP) is 2.53. The largest absolute Gasteiger partial charge is 0.481 e. The molecule has 0 aliphatic heterocycles. The Morgan fingerprint density at radius 3 is 2.00 bits per heavy atom. The van der Waals surface area contributed by atoms with E-state index in [0.717, 1.165) is 0 Å². The number of primary amides is 1. The van der Waals surface area contributed by atoms with Crippen molar-refractivity contribution in [2.45, 2.75) is 43.9 Å². The number of sulfonamides is 1. The summed E-state index contributed by atoms with van der Waals surface area (Å²) in [5, 5.41) is 0. The first kappa shape index (κ1) is 26.7. The van der Waals surface area contributed by atoms with E-state index in [1.165, 1.54) is 48.5 Å². The predicted molar refractivity (Wildman–Crippen MR) is 128 cm³/mol. The maximum Gasteiger partial charge on any atom is 0.270 e. The van der Waals surface area contributed by atoms with Gasteiger partial charge in [-0.2, -0.15) is 4.72 Å². The van der Waals surface area contributed by atoms with E-state index in [2.05, 4.69) is 22.5 Å². The molecular formula is C25H28N2O6S. The van der Waals surface area contributed by atoms with Gasteiger partial charge in [-0.05, 0) is 64.1 Å². The Kier molecular flexibility index (Phi) is 8.72. The van der Waals surface area contributed by atoms with E-state index < -0.39 is 27.3 Å². The molecule has 0 saturated heterocycles. The molecule has 1 amide bonds. The maximum atomic E-state index is 13.3. The van der Waals surface area contributed by atoms with Gasteiger partial charge in [0.15, 0.2) is 0 Å². The van der Waals surface area contributed by atoms with Crippen molar-refractivity contribution in [2.75, 3.05) is 13.2 Å². The average Bonchev–Trinajstić information content (AvgIpc) is 2.77. The van der Waals surface area contributed by atoms with Crippen LogP contribution in [0, 0.1) is 24.2 Å². The number of carbonyl (C=O) groups is 1. The lowest BCUT2D eigenvalue weighted by atomic mass is 10.0. The van der Waals surface area contributed by atoms with Crippen molar-refractivity contribution in [3.05, 3.63) is 54.1 Å². The van der Waals surface area contributed by atoms with Crippen LogP contribution in [0.3, 0.4) is 0 Å². The Morgan fingerprint density at radius 2 is 1.53 bits per heavy atom. The summed E-state index contributed by atoms with van der Waals surface area (Å²) in [5.41, 5.74) is 2.75. The fourth-order valence-electron chi connectivity index (χ4n) is 2.91. The number of carbonyl (C=O) groups excluding carboxylic acids is 1. The lowest BCUT2D eigenvalue weighted by Gasteiger charge is -2.37. The summed E-state index contributed by atoms with van der Waals surface area (Å²) < 4.78 is 45.7. The minimum absolute atomic E-state index is 0.0517. The molecule has 0 fully saturated rings. The summed E-state index contributed by atoms with van der Waals surface area (Å²) in [6, 6.07) is 11.7. The van der Waals surface area contributed by atoms with Crippen LogP contribution in [0.25, 0.3) is 0 Å². The summed E-state index contributed by atoms with van der Waals surface area (Å²) in [7, 11) is -4.27. The molecular weight excluding hydrogens is 456 g/mol. The lowest BCUT2D eigenvalue weighted by molar-refractivity contribution is -0.171. The number of ether oxygens (including phenoxy) is 3. The second kappa shape index (κ2) is 11.1. The van der Waals surface area contributed by atoms with E-state index in [-0.39, 0.29) is 23.7 Å². The summed E-state index contributed by atoms with van der Waals surface area (Å²) in [5.74, 6) is 7.64. The Bertz CT molecular complexity index is 1200. The van der Waals surface area contributed by atoms with Gasteiger partial charge in [-0.3, -0.25) is 4.79 Å². The van der Waals surface area contributed by atoms with Crippen molar-refractivity contribution in [1.29, 1.82) is 0 Å². The van der Waals surface area contributed by atoms with Crippen LogP contribution in [0.1, 0.15) is 33.3 Å². The Balaban J connectivity index is 2.47. The number of nitrogens with two attached hydrogens (primary N) is 1. The number of hydrogen-bond acceptors (Lipinski definition) is 6. The molecule has 9 heteroatoms. The number of amides is 1. The first-order chi connectivity index (χ1) is 15.9. The normalized spacial score (nSPS) is 13.0. The number of hydrogen-bond donors (Lipinski definition) is 2. The molecule has 0 heterocycles. The smallest absolute Gasteiger partial charge is 0.270 e. The zero-order valence-corrected chi connectivity index (χ0v) is 20.4. The van der Waals surface area contributed by atoms with E-state index in [0.29, 0.717) is 11.5 Å². The third-order valence-electron chi connectivity index (χ3n) is 4.29. The van der Waals surface area contributed by atoms with Gasteiger partial charge >= 0.3 is 0 Å². The highest BCUT2D eigenvalue weighted by Gasteiger charge is 2.47. The molecule has 8 nitrogen and oxygen atoms in total. The molecule has 0 saturated carbocycles. The molecule has 1 atom stereocenters. The fourth-order valence-corrected chi connectivity index (χ4v) is 4.16. The van der Waals surface area contributed by atoms with Gasteiger partial charge in [0.25, 0.3) is 5.91 Å². The van der Waals surface area contributed by atoms with E-state index in [1.54, 1.807) is 27.7 Å². The first-order valence-electron chi connectivity index (χ1n) is 10.3. The molecule has 0 bridgehead atoms. The van der Waals surface area contributed by atoms with E-state index in [1.807, 2.05) is 0 Å². The topological polar surface area (TPSA) is 117 Å². The van der Waals surface area contributed by atoms with Crippen molar-refractivity contribution in [1.82, 2.24) is 4.72 Å². The second-order valence-corrected chi connectivity index (χ2v) is 9.75. The summed E-state index contributed by atoms with van der Waals surface area (Å²) in [6.45, 7) is 6.94. The summed E-state index contributed by atoms with van der Waals surface area (Å²) in [6.07, 6.45) is 5.20. The van der Waals surface area contributed by atoms with Gasteiger partial charge in [0.05, 0.1) is 10.5 Å². The number of rotatable bonds is 10. The van der Waals surface area contributed by atoms with Crippen molar-refractivity contribution < 1.29 is 27.4 Å². The lowest BCUT2D eigenvalue weighted by Crippen LogP contribution is -2.59. The van der Waals surface area contributed by atoms with Crippen molar-refractivity contribution >= 4 is 15.9 Å². The first-order valence-corrected chi connectivity index (χ1v) is 11.7. The van der Waals surface area contributed by atoms with Gasteiger partial charge in [-0.15, -0.1) is 12.3 Å². The van der Waals surface area contributed by atoms with Crippen LogP contribution in [0.2, 0.25) is 0 Å². The molecule has 3 N–H and O–H groups in total. The van der Waals surface area contributed by atoms with Crippen molar-refractivity contribution in [2.24, 2.45) is 5.73 Å². The summed E-state index contributed by atoms with van der Waals surface area (Å²) in [4.78, 5) is 12.6. The molecule has 0 aliphatic carbocycles. The van der Waals surface area contributed by atoms with Crippen LogP contribution in [0.4, 0.5) is 0 Å². The van der Waals surface area contributed by atoms with Gasteiger partial charge in [0, 0.05) is 5.56 Å². The zero-order valence-electron chi connectivity index (χ0n) is 19.5. The molecule has 2 rings (SSSR count). The van der Waals surface area contributed by atoms with Gasteiger partial charge in [-0.1, -0.05) is 24.0 Å². The quantitative estimate of drug-likeness (QED) is 0.395. The van der Waals surface area contributed by atoms with Crippen molar-refractivity contribution in [3.63, 3.8) is 0 Å². The van der Waals surface area contributed by atoms with Crippen LogP contribution < -0.4 is 19.9 Å². The van der Waals surface area contributed by atoms with Crippen LogP contribution >= 0.6 is 0 Å². The molecule has 2 aromatic rings. The van der Waals surface area contributed by atoms with Gasteiger partial charge in [0.2, 0.25) is 15.7 Å². The van der Waals surface area contributed by atoms with Crippen molar-refractivity contribution in [3.8, 4) is 35.7 Å². The molecule has 34 heavy (non-hydrogen) atoms. The highest BCUT2D eigenvalue weighted by atomic mass is 32.2. The van der Waals surface area contributed by atoms with Gasteiger partial charge < -0.3 is 19.9 Å². The van der Waals surface area contributed by atoms with E-state index in [4.69, 9.17) is 26.4 Å². The number of benzene rings is 2. The standard InChI is InChI=1S/C25H28N2O6S/c1-6-8-18-32-21-13-15-22(16-14-21)34(29,30)27-25(23(26)28,33-24(3,4)5)19-9-11-20(12-10-19)31-17-7-2/h2,9-16,27H,17-18H2,1,3-5H3,(H2,26,28). The molecule has 2 aromatic carbocycles. The highest BCUT2D eigenvalue weighted by Crippen LogP contribution is 2.32. The van der Waals surface area contributed by atoms with E-state index in [9.17, 15) is 13.2 Å². The highest BCUT2D eigenvalue weighted by molar-refractivity contribution is 7.89. The van der Waals surface area contributed by atoms with Crippen LogP contribution in [-0.2, 0) is 25.3 Å². The third kappa shape index (κ3) is 7.00. The molecule has 0 aliphatic rings. The Hall–Kier alpha value is -3.50. The SMILES string of the molecule is C#CCOc1ccc(C(NS(=O)(=O)c2ccc(OCC#CC)cc2)(OC(C)(C)C)C(N)=O)cc1. The fraction of sp³-hybridized carbons (Fsp3) is 0.320. The molecule has 0 aromatic heterocycles. The Labute approximate surface area is 200 Å². The minimum Gasteiger partial charge on any atom is -0.481 e. The van der Waals surface area contributed by atoms with Gasteiger partial charge in [-0.25, -0.2) is 8.42 Å². The average molecular weight is 485 g/mol. The third-order valence-corrected chi connectivity index (χ3v) is 5.74. The second-order valence-electron chi connectivity index (χ2n) is 8.07. The Morgan fingerprint density at radius 1 is 1.00 bits per heavy atom. The molecule has 0 spiro atoms. The minimum atomic E-state index is -4.27.